The van der Waals surface area contributed by atoms with Crippen molar-refractivity contribution in [3.63, 3.8) is 0 Å². The fraction of sp³-hybridized carbons (Fsp3) is 0.571. The van der Waals surface area contributed by atoms with Crippen molar-refractivity contribution < 1.29 is 17.9 Å². The first-order valence-corrected chi connectivity index (χ1v) is 7.35. The zero-order valence-corrected chi connectivity index (χ0v) is 13.1. The standard InChI is InChI=1S/C14H19BrF3NO/c1-3-7-19-10(2)12-9-11(15)4-5-13(12)20-8-6-14(16,17)18/h4-5,9-10,19H,3,6-8H2,1-2H3. The fourth-order valence-corrected chi connectivity index (χ4v) is 2.12. The predicted octanol–water partition coefficient (Wildman–Crippen LogP) is 4.84. The molecule has 114 valence electrons. The van der Waals surface area contributed by atoms with Gasteiger partial charge >= 0.3 is 6.18 Å². The smallest absolute Gasteiger partial charge is 0.392 e. The van der Waals surface area contributed by atoms with Gasteiger partial charge in [0, 0.05) is 16.1 Å². The lowest BCUT2D eigenvalue weighted by molar-refractivity contribution is -0.139. The number of ether oxygens (including phenoxy) is 1. The lowest BCUT2D eigenvalue weighted by atomic mass is 10.1. The Morgan fingerprint density at radius 1 is 1.35 bits per heavy atom. The Labute approximate surface area is 125 Å². The molecule has 0 saturated heterocycles. The Balaban J connectivity index is 2.74. The van der Waals surface area contributed by atoms with Gasteiger partial charge in [0.25, 0.3) is 0 Å². The van der Waals surface area contributed by atoms with Crippen molar-refractivity contribution in [1.29, 1.82) is 0 Å². The van der Waals surface area contributed by atoms with Crippen LogP contribution in [0.2, 0.25) is 0 Å². The van der Waals surface area contributed by atoms with Crippen LogP contribution in [0.15, 0.2) is 22.7 Å². The molecule has 0 bridgehead atoms. The summed E-state index contributed by atoms with van der Waals surface area (Å²) in [6.45, 7) is 4.50. The van der Waals surface area contributed by atoms with Gasteiger partial charge < -0.3 is 10.1 Å². The van der Waals surface area contributed by atoms with E-state index in [0.29, 0.717) is 5.75 Å². The van der Waals surface area contributed by atoms with Crippen molar-refractivity contribution >= 4 is 15.9 Å². The maximum atomic E-state index is 12.1. The summed E-state index contributed by atoms with van der Waals surface area (Å²) in [6, 6.07) is 5.35. The van der Waals surface area contributed by atoms with Crippen molar-refractivity contribution in [2.75, 3.05) is 13.2 Å². The number of halogens is 4. The molecule has 0 saturated carbocycles. The molecule has 0 aromatic heterocycles. The third-order valence-corrected chi connectivity index (χ3v) is 3.28. The van der Waals surface area contributed by atoms with Crippen LogP contribution in [0.25, 0.3) is 0 Å². The molecule has 0 aliphatic heterocycles. The molecule has 0 amide bonds. The van der Waals surface area contributed by atoms with Crippen molar-refractivity contribution in [3.8, 4) is 5.75 Å². The number of hydrogen-bond acceptors (Lipinski definition) is 2. The monoisotopic (exact) mass is 353 g/mol. The molecule has 0 heterocycles. The van der Waals surface area contributed by atoms with Gasteiger partial charge in [0.05, 0.1) is 13.0 Å². The van der Waals surface area contributed by atoms with Gasteiger partial charge in [0.15, 0.2) is 0 Å². The van der Waals surface area contributed by atoms with Crippen molar-refractivity contribution in [2.45, 2.75) is 38.9 Å². The number of hydrogen-bond donors (Lipinski definition) is 1. The van der Waals surface area contributed by atoms with Crippen LogP contribution in [-0.2, 0) is 0 Å². The Kier molecular flexibility index (Phi) is 6.82. The molecule has 1 N–H and O–H groups in total. The molecular weight excluding hydrogens is 335 g/mol. The van der Waals surface area contributed by atoms with Gasteiger partial charge in [-0.1, -0.05) is 22.9 Å². The number of rotatable bonds is 7. The van der Waals surface area contributed by atoms with Crippen molar-refractivity contribution in [2.24, 2.45) is 0 Å². The third-order valence-electron chi connectivity index (χ3n) is 2.78. The van der Waals surface area contributed by atoms with E-state index in [-0.39, 0.29) is 12.6 Å². The molecule has 2 nitrogen and oxygen atoms in total. The van der Waals surface area contributed by atoms with Crippen LogP contribution in [0.3, 0.4) is 0 Å². The second kappa shape index (κ2) is 7.88. The molecule has 0 aliphatic carbocycles. The molecule has 1 aromatic carbocycles. The molecule has 1 atom stereocenters. The summed E-state index contributed by atoms with van der Waals surface area (Å²) in [7, 11) is 0. The van der Waals surface area contributed by atoms with Crippen LogP contribution >= 0.6 is 15.9 Å². The second-order valence-electron chi connectivity index (χ2n) is 4.57. The van der Waals surface area contributed by atoms with Gasteiger partial charge in [-0.2, -0.15) is 13.2 Å². The molecule has 20 heavy (non-hydrogen) atoms. The maximum absolute atomic E-state index is 12.1. The highest BCUT2D eigenvalue weighted by atomic mass is 79.9. The van der Waals surface area contributed by atoms with E-state index in [2.05, 4.69) is 28.2 Å². The average Bonchev–Trinajstić information content (AvgIpc) is 2.36. The summed E-state index contributed by atoms with van der Waals surface area (Å²) >= 11 is 3.37. The molecular formula is C14H19BrF3NO. The lowest BCUT2D eigenvalue weighted by Gasteiger charge is -2.19. The summed E-state index contributed by atoms with van der Waals surface area (Å²) in [6.07, 6.45) is -4.15. The highest BCUT2D eigenvalue weighted by Gasteiger charge is 2.27. The predicted molar refractivity (Wildman–Crippen MR) is 77.0 cm³/mol. The minimum absolute atomic E-state index is 0.0216. The first kappa shape index (κ1) is 17.3. The Morgan fingerprint density at radius 2 is 2.05 bits per heavy atom. The van der Waals surface area contributed by atoms with Crippen LogP contribution in [0, 0.1) is 0 Å². The van der Waals surface area contributed by atoms with Crippen LogP contribution in [0.5, 0.6) is 5.75 Å². The van der Waals surface area contributed by atoms with Gasteiger partial charge in [-0.15, -0.1) is 0 Å². The zero-order chi connectivity index (χ0) is 15.2. The third kappa shape index (κ3) is 6.13. The van der Waals surface area contributed by atoms with Gasteiger partial charge in [-0.05, 0) is 38.1 Å². The molecule has 0 fully saturated rings. The molecule has 0 radical (unpaired) electrons. The zero-order valence-electron chi connectivity index (χ0n) is 11.6. The van der Waals surface area contributed by atoms with E-state index < -0.39 is 12.6 Å². The van der Waals surface area contributed by atoms with Gasteiger partial charge in [-0.3, -0.25) is 0 Å². The summed E-state index contributed by atoms with van der Waals surface area (Å²) in [5, 5.41) is 3.30. The van der Waals surface area contributed by atoms with Crippen molar-refractivity contribution in [1.82, 2.24) is 5.32 Å². The summed E-state index contributed by atoms with van der Waals surface area (Å²) < 4.78 is 42.6. The first-order valence-electron chi connectivity index (χ1n) is 6.56. The number of benzene rings is 1. The number of nitrogens with one attached hydrogen (secondary N) is 1. The average molecular weight is 354 g/mol. The van der Waals surface area contributed by atoms with E-state index in [9.17, 15) is 13.2 Å². The molecule has 1 aromatic rings. The molecule has 0 spiro atoms. The number of alkyl halides is 3. The molecule has 1 unspecified atom stereocenters. The lowest BCUT2D eigenvalue weighted by Crippen LogP contribution is -2.20. The van der Waals surface area contributed by atoms with Gasteiger partial charge in [0.1, 0.15) is 5.75 Å². The van der Waals surface area contributed by atoms with E-state index in [1.165, 1.54) is 0 Å². The molecule has 0 aliphatic rings. The van der Waals surface area contributed by atoms with Crippen LogP contribution in [-0.4, -0.2) is 19.3 Å². The second-order valence-corrected chi connectivity index (χ2v) is 5.49. The van der Waals surface area contributed by atoms with Crippen LogP contribution < -0.4 is 10.1 Å². The SMILES string of the molecule is CCCNC(C)c1cc(Br)ccc1OCCC(F)(F)F. The molecule has 6 heteroatoms. The normalized spacial score (nSPS) is 13.3. The Morgan fingerprint density at radius 3 is 2.65 bits per heavy atom. The van der Waals surface area contributed by atoms with E-state index in [1.54, 1.807) is 12.1 Å². The molecule has 1 rings (SSSR count). The van der Waals surface area contributed by atoms with Gasteiger partial charge in [-0.25, -0.2) is 0 Å². The highest BCUT2D eigenvalue weighted by molar-refractivity contribution is 9.10. The Bertz CT molecular complexity index is 423. The minimum atomic E-state index is -4.19. The fourth-order valence-electron chi connectivity index (χ4n) is 1.74. The first-order chi connectivity index (χ1) is 9.33. The van der Waals surface area contributed by atoms with Crippen LogP contribution in [0.1, 0.15) is 38.3 Å². The van der Waals surface area contributed by atoms with E-state index in [0.717, 1.165) is 23.0 Å². The van der Waals surface area contributed by atoms with E-state index in [4.69, 9.17) is 4.74 Å². The minimum Gasteiger partial charge on any atom is -0.493 e. The summed E-state index contributed by atoms with van der Waals surface area (Å²) in [4.78, 5) is 0. The highest BCUT2D eigenvalue weighted by Crippen LogP contribution is 2.29. The summed E-state index contributed by atoms with van der Waals surface area (Å²) in [5.41, 5.74) is 0.856. The van der Waals surface area contributed by atoms with Crippen molar-refractivity contribution in [3.05, 3.63) is 28.2 Å². The summed E-state index contributed by atoms with van der Waals surface area (Å²) in [5.74, 6) is 0.494. The van der Waals surface area contributed by atoms with E-state index >= 15 is 0 Å². The van der Waals surface area contributed by atoms with E-state index in [1.807, 2.05) is 13.0 Å². The topological polar surface area (TPSA) is 21.3 Å². The van der Waals surface area contributed by atoms with Crippen LogP contribution in [0.4, 0.5) is 13.2 Å². The van der Waals surface area contributed by atoms with Gasteiger partial charge in [0.2, 0.25) is 0 Å². The largest absolute Gasteiger partial charge is 0.493 e. The quantitative estimate of drug-likeness (QED) is 0.757. The Hall–Kier alpha value is -0.750. The maximum Gasteiger partial charge on any atom is 0.392 e.